The number of nitrogens with two attached hydrogens (primary N) is 1. The molecule has 0 rings (SSSR count). The molecule has 82 valence electrons. The highest BCUT2D eigenvalue weighted by molar-refractivity contribution is 5.99. The number of carbonyl (C=O) groups is 2. The Labute approximate surface area is 83.2 Å². The second-order valence-corrected chi connectivity index (χ2v) is 4.34. The summed E-state index contributed by atoms with van der Waals surface area (Å²) in [6.45, 7) is 5.98. The lowest BCUT2D eigenvalue weighted by atomic mass is 9.91. The van der Waals surface area contributed by atoms with Gasteiger partial charge in [0.25, 0.3) is 0 Å². The van der Waals surface area contributed by atoms with Crippen LogP contribution in [0.4, 0.5) is 0 Å². The number of rotatable bonds is 3. The van der Waals surface area contributed by atoms with Crippen LogP contribution < -0.4 is 5.73 Å². The van der Waals surface area contributed by atoms with E-state index in [4.69, 9.17) is 15.6 Å². The molecule has 0 aliphatic rings. The first kappa shape index (κ1) is 12.9. The Morgan fingerprint density at radius 1 is 1.29 bits per heavy atom. The van der Waals surface area contributed by atoms with Gasteiger partial charge in [-0.05, 0) is 27.7 Å². The second-order valence-electron chi connectivity index (χ2n) is 4.34. The first-order valence-corrected chi connectivity index (χ1v) is 4.30. The van der Waals surface area contributed by atoms with Crippen LogP contribution in [0.15, 0.2) is 0 Å². The molecule has 0 amide bonds. The van der Waals surface area contributed by atoms with Gasteiger partial charge in [0.1, 0.15) is 5.60 Å². The van der Waals surface area contributed by atoms with Crippen LogP contribution in [0.3, 0.4) is 0 Å². The first-order valence-electron chi connectivity index (χ1n) is 4.30. The fraction of sp³-hybridized carbons (Fsp3) is 0.778. The highest BCUT2D eigenvalue weighted by atomic mass is 16.6. The Balaban J connectivity index is 4.73. The second kappa shape index (κ2) is 3.96. The van der Waals surface area contributed by atoms with Crippen LogP contribution in [0.5, 0.6) is 0 Å². The third-order valence-corrected chi connectivity index (χ3v) is 1.73. The van der Waals surface area contributed by atoms with Gasteiger partial charge in [0.15, 0.2) is 5.41 Å². The smallest absolute Gasteiger partial charge is 0.325 e. The topological polar surface area (TPSA) is 89.6 Å². The van der Waals surface area contributed by atoms with Crippen LogP contribution in [0, 0.1) is 5.41 Å². The molecule has 0 fully saturated rings. The fourth-order valence-corrected chi connectivity index (χ4v) is 0.649. The van der Waals surface area contributed by atoms with Crippen molar-refractivity contribution in [2.75, 3.05) is 6.54 Å². The molecular weight excluding hydrogens is 186 g/mol. The molecule has 0 radical (unpaired) electrons. The van der Waals surface area contributed by atoms with Gasteiger partial charge in [-0.25, -0.2) is 0 Å². The summed E-state index contributed by atoms with van der Waals surface area (Å²) in [4.78, 5) is 22.3. The lowest BCUT2D eigenvalue weighted by Gasteiger charge is -2.27. The number of aliphatic carboxylic acids is 1. The summed E-state index contributed by atoms with van der Waals surface area (Å²) in [5, 5.41) is 8.82. The molecule has 1 atom stereocenters. The van der Waals surface area contributed by atoms with E-state index in [0.717, 1.165) is 0 Å². The molecular formula is C9H17NO4. The highest BCUT2D eigenvalue weighted by Gasteiger charge is 2.43. The predicted octanol–water partition coefficient (Wildman–Crippen LogP) is 0.378. The quantitative estimate of drug-likeness (QED) is 0.511. The van der Waals surface area contributed by atoms with Crippen molar-refractivity contribution in [1.29, 1.82) is 0 Å². The largest absolute Gasteiger partial charge is 0.480 e. The molecule has 0 unspecified atom stereocenters. The number of ether oxygens (including phenoxy) is 1. The normalized spacial score (nSPS) is 15.8. The average Bonchev–Trinajstić information content (AvgIpc) is 1.99. The van der Waals surface area contributed by atoms with Crippen molar-refractivity contribution in [2.24, 2.45) is 11.1 Å². The minimum Gasteiger partial charge on any atom is -0.480 e. The Morgan fingerprint density at radius 3 is 1.93 bits per heavy atom. The molecule has 0 aromatic rings. The van der Waals surface area contributed by atoms with E-state index in [0.29, 0.717) is 0 Å². The number of carboxylic acids is 1. The molecule has 5 nitrogen and oxygen atoms in total. The monoisotopic (exact) mass is 203 g/mol. The Bertz CT molecular complexity index is 244. The number of carbonyl (C=O) groups excluding carboxylic acids is 1. The van der Waals surface area contributed by atoms with Gasteiger partial charge in [-0.2, -0.15) is 0 Å². The summed E-state index contributed by atoms with van der Waals surface area (Å²) < 4.78 is 4.96. The van der Waals surface area contributed by atoms with Crippen LogP contribution in [0.25, 0.3) is 0 Å². The molecule has 0 saturated carbocycles. The maximum Gasteiger partial charge on any atom is 0.325 e. The van der Waals surface area contributed by atoms with Crippen LogP contribution in [0.2, 0.25) is 0 Å². The van der Waals surface area contributed by atoms with Crippen LogP contribution in [0.1, 0.15) is 27.7 Å². The molecule has 5 heteroatoms. The lowest BCUT2D eigenvalue weighted by Crippen LogP contribution is -2.46. The molecule has 0 heterocycles. The standard InChI is InChI=1S/C9H17NO4/c1-8(2,3)14-7(13)9(4,5-10)6(11)12/h5,10H2,1-4H3,(H,11,12)/t9-/m0/s1. The van der Waals surface area contributed by atoms with Gasteiger partial charge in [-0.3, -0.25) is 9.59 Å². The van der Waals surface area contributed by atoms with Crippen molar-refractivity contribution >= 4 is 11.9 Å². The molecule has 0 aliphatic carbocycles. The van der Waals surface area contributed by atoms with E-state index in [-0.39, 0.29) is 6.54 Å². The summed E-state index contributed by atoms with van der Waals surface area (Å²) in [6, 6.07) is 0. The third kappa shape index (κ3) is 2.99. The van der Waals surface area contributed by atoms with E-state index >= 15 is 0 Å². The van der Waals surface area contributed by atoms with E-state index in [1.807, 2.05) is 0 Å². The summed E-state index contributed by atoms with van der Waals surface area (Å²) in [5.41, 5.74) is 2.88. The number of hydrogen-bond acceptors (Lipinski definition) is 4. The van der Waals surface area contributed by atoms with Gasteiger partial charge < -0.3 is 15.6 Å². The summed E-state index contributed by atoms with van der Waals surface area (Å²) >= 11 is 0. The zero-order valence-corrected chi connectivity index (χ0v) is 8.96. The van der Waals surface area contributed by atoms with Gasteiger partial charge >= 0.3 is 11.9 Å². The Morgan fingerprint density at radius 2 is 1.71 bits per heavy atom. The van der Waals surface area contributed by atoms with Gasteiger partial charge in [0.05, 0.1) is 0 Å². The van der Waals surface area contributed by atoms with Gasteiger partial charge in [-0.1, -0.05) is 0 Å². The minimum atomic E-state index is -1.66. The zero-order chi connectivity index (χ0) is 11.6. The molecule has 14 heavy (non-hydrogen) atoms. The maximum absolute atomic E-state index is 11.5. The van der Waals surface area contributed by atoms with Crippen molar-refractivity contribution in [3.63, 3.8) is 0 Å². The van der Waals surface area contributed by atoms with Crippen molar-refractivity contribution < 1.29 is 19.4 Å². The average molecular weight is 203 g/mol. The first-order chi connectivity index (χ1) is 6.13. The molecule has 0 aromatic heterocycles. The molecule has 0 aromatic carbocycles. The van der Waals surface area contributed by atoms with Crippen LogP contribution >= 0.6 is 0 Å². The van der Waals surface area contributed by atoms with Crippen LogP contribution in [-0.4, -0.2) is 29.2 Å². The maximum atomic E-state index is 11.5. The van der Waals surface area contributed by atoms with Gasteiger partial charge in [0, 0.05) is 6.54 Å². The highest BCUT2D eigenvalue weighted by Crippen LogP contribution is 2.21. The minimum absolute atomic E-state index is 0.281. The van der Waals surface area contributed by atoms with E-state index < -0.39 is 23.0 Å². The molecule has 3 N–H and O–H groups in total. The summed E-state index contributed by atoms with van der Waals surface area (Å²) in [7, 11) is 0. The van der Waals surface area contributed by atoms with Crippen LogP contribution in [-0.2, 0) is 14.3 Å². The Kier molecular flexibility index (Phi) is 3.65. The van der Waals surface area contributed by atoms with E-state index in [1.54, 1.807) is 20.8 Å². The predicted molar refractivity (Wildman–Crippen MR) is 50.6 cm³/mol. The van der Waals surface area contributed by atoms with E-state index in [2.05, 4.69) is 0 Å². The van der Waals surface area contributed by atoms with Crippen molar-refractivity contribution in [2.45, 2.75) is 33.3 Å². The van der Waals surface area contributed by atoms with Gasteiger partial charge in [0.2, 0.25) is 0 Å². The molecule has 0 aliphatic heterocycles. The van der Waals surface area contributed by atoms with E-state index in [1.165, 1.54) is 6.92 Å². The molecule has 0 spiro atoms. The van der Waals surface area contributed by atoms with Gasteiger partial charge in [-0.15, -0.1) is 0 Å². The van der Waals surface area contributed by atoms with E-state index in [9.17, 15) is 9.59 Å². The van der Waals surface area contributed by atoms with Crippen molar-refractivity contribution in [3.05, 3.63) is 0 Å². The molecule has 0 bridgehead atoms. The fourth-order valence-electron chi connectivity index (χ4n) is 0.649. The zero-order valence-electron chi connectivity index (χ0n) is 8.96. The third-order valence-electron chi connectivity index (χ3n) is 1.73. The summed E-state index contributed by atoms with van der Waals surface area (Å²) in [5.74, 6) is -2.07. The number of carboxylic acid groups (broad SMARTS) is 1. The van der Waals surface area contributed by atoms with Crippen molar-refractivity contribution in [1.82, 2.24) is 0 Å². The number of hydrogen-bond donors (Lipinski definition) is 2. The summed E-state index contributed by atoms with van der Waals surface area (Å²) in [6.07, 6.45) is 0. The molecule has 0 saturated heterocycles. The number of esters is 1. The SMILES string of the molecule is CC(C)(C)OC(=O)[C@@](C)(CN)C(=O)O. The Hall–Kier alpha value is -1.10. The lowest BCUT2D eigenvalue weighted by molar-refractivity contribution is -0.174. The van der Waals surface area contributed by atoms with Crippen molar-refractivity contribution in [3.8, 4) is 0 Å².